The number of benzene rings is 2. The zero-order valence-electron chi connectivity index (χ0n) is 22.7. The van der Waals surface area contributed by atoms with Crippen molar-refractivity contribution in [2.75, 3.05) is 24.3 Å². The van der Waals surface area contributed by atoms with Gasteiger partial charge in [0, 0.05) is 17.0 Å². The Morgan fingerprint density at radius 3 is 2.43 bits per heavy atom. The summed E-state index contributed by atoms with van der Waals surface area (Å²) in [5.41, 5.74) is 4.68. The van der Waals surface area contributed by atoms with Crippen LogP contribution in [0.1, 0.15) is 62.3 Å². The fraction of sp³-hybridized carbons (Fsp3) is 0.414. The molecule has 0 fully saturated rings. The van der Waals surface area contributed by atoms with Crippen molar-refractivity contribution in [3.8, 4) is 11.4 Å². The summed E-state index contributed by atoms with van der Waals surface area (Å²) in [6.45, 7) is 12.3. The van der Waals surface area contributed by atoms with Gasteiger partial charge in [-0.2, -0.15) is 5.10 Å². The molecule has 1 atom stereocenters. The second-order valence-corrected chi connectivity index (χ2v) is 11.8. The van der Waals surface area contributed by atoms with Crippen molar-refractivity contribution < 1.29 is 14.3 Å². The summed E-state index contributed by atoms with van der Waals surface area (Å²) in [6, 6.07) is 15.9. The molecule has 37 heavy (non-hydrogen) atoms. The SMILES string of the molecule is COc1ccc(-n2nc(C(C)(C)C)c3c2N(CC(=O)NC(C)C)C(=O)CS[C@H]3c2ccccc2C)cc1. The molecule has 1 aliphatic rings. The molecule has 7 nitrogen and oxygen atoms in total. The van der Waals surface area contributed by atoms with E-state index in [2.05, 4.69) is 45.1 Å². The van der Waals surface area contributed by atoms with Crippen molar-refractivity contribution in [2.45, 2.75) is 58.2 Å². The standard InChI is InChI=1S/C29H36N4O3S/c1-18(2)30-23(34)16-32-24(35)17-37-26(22-11-9-8-10-19(22)3)25-27(29(4,5)6)31-33(28(25)32)20-12-14-21(36-7)15-13-20/h8-15,18,26H,16-17H2,1-7H3,(H,30,34)/t26-/m0/s1. The number of hydrogen-bond donors (Lipinski definition) is 1. The molecule has 2 aromatic carbocycles. The Bertz CT molecular complexity index is 1290. The topological polar surface area (TPSA) is 76.5 Å². The number of amides is 2. The number of nitrogens with zero attached hydrogens (tertiary/aromatic N) is 3. The zero-order chi connectivity index (χ0) is 26.9. The van der Waals surface area contributed by atoms with Crippen molar-refractivity contribution in [1.29, 1.82) is 0 Å². The number of nitrogens with one attached hydrogen (secondary N) is 1. The van der Waals surface area contributed by atoms with Gasteiger partial charge in [0.05, 0.1) is 29.5 Å². The van der Waals surface area contributed by atoms with Gasteiger partial charge in [0.25, 0.3) is 0 Å². The van der Waals surface area contributed by atoms with Crippen molar-refractivity contribution >= 4 is 29.4 Å². The Balaban J connectivity index is 2.01. The molecule has 196 valence electrons. The van der Waals surface area contributed by atoms with Crippen LogP contribution in [0, 0.1) is 6.92 Å². The van der Waals surface area contributed by atoms with E-state index in [1.54, 1.807) is 23.8 Å². The first kappa shape index (κ1) is 26.8. The Morgan fingerprint density at radius 1 is 1.16 bits per heavy atom. The van der Waals surface area contributed by atoms with Crippen LogP contribution in [-0.4, -0.2) is 47.0 Å². The van der Waals surface area contributed by atoms with E-state index in [1.165, 1.54) is 0 Å². The lowest BCUT2D eigenvalue weighted by Crippen LogP contribution is -2.44. The van der Waals surface area contributed by atoms with Crippen molar-refractivity contribution in [3.63, 3.8) is 0 Å². The molecule has 0 radical (unpaired) electrons. The number of carbonyl (C=O) groups excluding carboxylic acids is 2. The molecular weight excluding hydrogens is 484 g/mol. The number of hydrogen-bond acceptors (Lipinski definition) is 5. The summed E-state index contributed by atoms with van der Waals surface area (Å²) >= 11 is 1.60. The van der Waals surface area contributed by atoms with E-state index in [-0.39, 0.29) is 40.8 Å². The van der Waals surface area contributed by atoms with Gasteiger partial charge in [-0.25, -0.2) is 4.68 Å². The smallest absolute Gasteiger partial charge is 0.240 e. The van der Waals surface area contributed by atoms with E-state index < -0.39 is 0 Å². The lowest BCUT2D eigenvalue weighted by molar-refractivity contribution is -0.123. The fourth-order valence-electron chi connectivity index (χ4n) is 4.61. The fourth-order valence-corrected chi connectivity index (χ4v) is 5.91. The average Bonchev–Trinajstić information content (AvgIpc) is 3.18. The first-order valence-electron chi connectivity index (χ1n) is 12.6. The van der Waals surface area contributed by atoms with Crippen molar-refractivity contribution in [2.24, 2.45) is 0 Å². The molecule has 2 heterocycles. The minimum absolute atomic E-state index is 0.0280. The third-order valence-corrected chi connectivity index (χ3v) is 7.58. The summed E-state index contributed by atoms with van der Waals surface area (Å²) in [4.78, 5) is 28.3. The molecule has 3 aromatic rings. The molecule has 2 amide bonds. The Morgan fingerprint density at radius 2 is 1.84 bits per heavy atom. The molecule has 0 unspecified atom stereocenters. The monoisotopic (exact) mass is 520 g/mol. The number of rotatable bonds is 6. The van der Waals surface area contributed by atoms with E-state index in [4.69, 9.17) is 9.84 Å². The molecule has 8 heteroatoms. The van der Waals surface area contributed by atoms with Crippen molar-refractivity contribution in [3.05, 3.63) is 70.9 Å². The van der Waals surface area contributed by atoms with Gasteiger partial charge in [-0.15, -0.1) is 11.8 Å². The van der Waals surface area contributed by atoms with Crippen LogP contribution in [-0.2, 0) is 15.0 Å². The van der Waals surface area contributed by atoms with Gasteiger partial charge in [0.1, 0.15) is 18.1 Å². The van der Waals surface area contributed by atoms with Crippen LogP contribution in [0.5, 0.6) is 5.75 Å². The van der Waals surface area contributed by atoms with Crippen LogP contribution in [0.3, 0.4) is 0 Å². The maximum Gasteiger partial charge on any atom is 0.240 e. The third kappa shape index (κ3) is 5.54. The Hall–Kier alpha value is -3.26. The van der Waals surface area contributed by atoms with E-state index >= 15 is 0 Å². The van der Waals surface area contributed by atoms with Crippen LogP contribution in [0.15, 0.2) is 48.5 Å². The van der Waals surface area contributed by atoms with Crippen molar-refractivity contribution in [1.82, 2.24) is 15.1 Å². The molecule has 1 N–H and O–H groups in total. The molecule has 0 bridgehead atoms. The van der Waals surface area contributed by atoms with Crippen LogP contribution in [0.2, 0.25) is 0 Å². The predicted octanol–water partition coefficient (Wildman–Crippen LogP) is 5.18. The van der Waals surface area contributed by atoms with Crippen LogP contribution in [0.4, 0.5) is 5.82 Å². The second-order valence-electron chi connectivity index (χ2n) is 10.7. The molecule has 0 spiro atoms. The van der Waals surface area contributed by atoms with E-state index in [9.17, 15) is 9.59 Å². The van der Waals surface area contributed by atoms with Gasteiger partial charge < -0.3 is 10.1 Å². The van der Waals surface area contributed by atoms with Crippen LogP contribution < -0.4 is 15.0 Å². The molecule has 4 rings (SSSR count). The molecule has 1 aromatic heterocycles. The van der Waals surface area contributed by atoms with E-state index in [1.807, 2.05) is 54.9 Å². The lowest BCUT2D eigenvalue weighted by Gasteiger charge is -2.25. The number of anilines is 1. The molecule has 0 aliphatic carbocycles. The van der Waals surface area contributed by atoms with Crippen LogP contribution in [0.25, 0.3) is 5.69 Å². The number of fused-ring (bicyclic) bond motifs is 1. The van der Waals surface area contributed by atoms with Gasteiger partial charge in [-0.05, 0) is 56.2 Å². The summed E-state index contributed by atoms with van der Waals surface area (Å²) in [5, 5.41) is 7.95. The molecular formula is C29H36N4O3S. The number of aromatic nitrogens is 2. The largest absolute Gasteiger partial charge is 0.497 e. The zero-order valence-corrected chi connectivity index (χ0v) is 23.5. The Labute approximate surface area is 223 Å². The molecule has 0 saturated heterocycles. The third-order valence-electron chi connectivity index (χ3n) is 6.34. The summed E-state index contributed by atoms with van der Waals surface area (Å²) in [6.07, 6.45) is 0. The van der Waals surface area contributed by atoms with E-state index in [0.29, 0.717) is 5.82 Å². The minimum atomic E-state index is -0.303. The first-order valence-corrected chi connectivity index (χ1v) is 13.6. The maximum absolute atomic E-state index is 13.7. The highest BCUT2D eigenvalue weighted by molar-refractivity contribution is 8.00. The Kier molecular flexibility index (Phi) is 7.69. The highest BCUT2D eigenvalue weighted by Crippen LogP contribution is 2.49. The molecule has 1 aliphatic heterocycles. The normalized spacial score (nSPS) is 15.9. The van der Waals surface area contributed by atoms with E-state index in [0.717, 1.165) is 33.8 Å². The van der Waals surface area contributed by atoms with Gasteiger partial charge in [-0.3, -0.25) is 14.5 Å². The average molecular weight is 521 g/mol. The second kappa shape index (κ2) is 10.6. The lowest BCUT2D eigenvalue weighted by atomic mass is 9.86. The number of aryl methyl sites for hydroxylation is 1. The van der Waals surface area contributed by atoms with Crippen LogP contribution >= 0.6 is 11.8 Å². The maximum atomic E-state index is 13.7. The van der Waals surface area contributed by atoms with Gasteiger partial charge >= 0.3 is 0 Å². The summed E-state index contributed by atoms with van der Waals surface area (Å²) < 4.78 is 7.19. The summed E-state index contributed by atoms with van der Waals surface area (Å²) in [7, 11) is 1.63. The van der Waals surface area contributed by atoms with Gasteiger partial charge in [-0.1, -0.05) is 45.0 Å². The number of carbonyl (C=O) groups is 2. The highest BCUT2D eigenvalue weighted by Gasteiger charge is 2.40. The predicted molar refractivity (Wildman–Crippen MR) is 150 cm³/mol. The molecule has 0 saturated carbocycles. The number of methoxy groups -OCH3 is 1. The van der Waals surface area contributed by atoms with Gasteiger partial charge in [0.15, 0.2) is 0 Å². The highest BCUT2D eigenvalue weighted by atomic mass is 32.2. The quantitative estimate of drug-likeness (QED) is 0.485. The number of thioether (sulfide) groups is 1. The minimum Gasteiger partial charge on any atom is -0.497 e. The summed E-state index contributed by atoms with van der Waals surface area (Å²) in [5.74, 6) is 1.33. The first-order chi connectivity index (χ1) is 17.5. The van der Waals surface area contributed by atoms with Gasteiger partial charge in [0.2, 0.25) is 11.8 Å². The number of ether oxygens (including phenoxy) is 1.